The maximum absolute atomic E-state index is 14.2. The first kappa shape index (κ1) is 15.0. The van der Waals surface area contributed by atoms with Crippen LogP contribution in [0.25, 0.3) is 0 Å². The third kappa shape index (κ3) is 3.37. The number of rotatable bonds is 4. The van der Waals surface area contributed by atoms with Gasteiger partial charge in [0.25, 0.3) is 0 Å². The zero-order valence-corrected chi connectivity index (χ0v) is 13.8. The van der Waals surface area contributed by atoms with Crippen molar-refractivity contribution in [1.29, 1.82) is 0 Å². The lowest BCUT2D eigenvalue weighted by atomic mass is 10.0. The molecule has 1 aromatic carbocycles. The SMILES string of the molecule is CCNC(c1ccc(C)s1)c1cc(Cl)c(Br)cc1F. The topological polar surface area (TPSA) is 12.0 Å². The first-order valence-electron chi connectivity index (χ1n) is 5.97. The Morgan fingerprint density at radius 1 is 1.42 bits per heavy atom. The van der Waals surface area contributed by atoms with Crippen LogP contribution in [0.5, 0.6) is 0 Å². The molecule has 0 bridgehead atoms. The first-order chi connectivity index (χ1) is 9.02. The van der Waals surface area contributed by atoms with E-state index in [-0.39, 0.29) is 11.9 Å². The third-order valence-corrected chi connectivity index (χ3v) is 5.07. The molecule has 0 spiro atoms. The molecule has 1 nitrogen and oxygen atoms in total. The van der Waals surface area contributed by atoms with Gasteiger partial charge in [0, 0.05) is 19.8 Å². The van der Waals surface area contributed by atoms with Crippen molar-refractivity contribution in [2.45, 2.75) is 19.9 Å². The van der Waals surface area contributed by atoms with E-state index in [0.29, 0.717) is 15.1 Å². The summed E-state index contributed by atoms with van der Waals surface area (Å²) in [5, 5.41) is 3.83. The van der Waals surface area contributed by atoms with Crippen LogP contribution in [0.3, 0.4) is 0 Å². The molecule has 5 heteroatoms. The Bertz CT molecular complexity index is 585. The highest BCUT2D eigenvalue weighted by atomic mass is 79.9. The summed E-state index contributed by atoms with van der Waals surface area (Å²) in [6.45, 7) is 4.81. The molecule has 2 rings (SSSR count). The largest absolute Gasteiger partial charge is 0.306 e. The minimum Gasteiger partial charge on any atom is -0.306 e. The van der Waals surface area contributed by atoms with E-state index < -0.39 is 0 Å². The fourth-order valence-electron chi connectivity index (χ4n) is 1.94. The Kier molecular flexibility index (Phi) is 5.01. The molecule has 19 heavy (non-hydrogen) atoms. The van der Waals surface area contributed by atoms with Gasteiger partial charge in [-0.05, 0) is 53.7 Å². The van der Waals surface area contributed by atoms with Gasteiger partial charge in [0.2, 0.25) is 0 Å². The van der Waals surface area contributed by atoms with Crippen molar-refractivity contribution in [2.75, 3.05) is 6.54 Å². The standard InChI is InChI=1S/C14H14BrClFNS/c1-3-18-14(13-5-4-8(2)19-13)9-6-11(16)10(15)7-12(9)17/h4-7,14,18H,3H2,1-2H3. The maximum Gasteiger partial charge on any atom is 0.129 e. The van der Waals surface area contributed by atoms with Gasteiger partial charge in [-0.1, -0.05) is 18.5 Å². The number of halogens is 3. The van der Waals surface area contributed by atoms with Crippen LogP contribution in [0.15, 0.2) is 28.7 Å². The second-order valence-electron chi connectivity index (χ2n) is 4.23. The van der Waals surface area contributed by atoms with Crippen molar-refractivity contribution >= 4 is 38.9 Å². The molecule has 102 valence electrons. The number of hydrogen-bond acceptors (Lipinski definition) is 2. The lowest BCUT2D eigenvalue weighted by molar-refractivity contribution is 0.562. The van der Waals surface area contributed by atoms with Crippen LogP contribution >= 0.6 is 38.9 Å². The summed E-state index contributed by atoms with van der Waals surface area (Å²) in [5.74, 6) is -0.256. The summed E-state index contributed by atoms with van der Waals surface area (Å²) in [6, 6.07) is 7.02. The van der Waals surface area contributed by atoms with Crippen LogP contribution in [0.4, 0.5) is 4.39 Å². The van der Waals surface area contributed by atoms with E-state index in [1.54, 1.807) is 17.4 Å². The number of nitrogens with one attached hydrogen (secondary N) is 1. The molecule has 0 saturated carbocycles. The molecular weight excluding hydrogens is 349 g/mol. The van der Waals surface area contributed by atoms with E-state index in [1.807, 2.05) is 26.0 Å². The van der Waals surface area contributed by atoms with E-state index >= 15 is 0 Å². The Hall–Kier alpha value is -0.420. The Morgan fingerprint density at radius 3 is 2.74 bits per heavy atom. The van der Waals surface area contributed by atoms with Gasteiger partial charge in [0.1, 0.15) is 5.82 Å². The molecule has 1 unspecified atom stereocenters. The molecule has 0 aliphatic carbocycles. The summed E-state index contributed by atoms with van der Waals surface area (Å²) < 4.78 is 14.7. The molecule has 0 amide bonds. The van der Waals surface area contributed by atoms with E-state index in [2.05, 4.69) is 21.2 Å². The quantitative estimate of drug-likeness (QED) is 0.727. The number of aryl methyl sites for hydroxylation is 1. The zero-order valence-electron chi connectivity index (χ0n) is 10.6. The number of hydrogen-bond donors (Lipinski definition) is 1. The average molecular weight is 363 g/mol. The lowest BCUT2D eigenvalue weighted by Crippen LogP contribution is -2.22. The molecule has 0 aliphatic rings. The van der Waals surface area contributed by atoms with Crippen LogP contribution in [-0.2, 0) is 0 Å². The molecule has 0 saturated heterocycles. The second-order valence-corrected chi connectivity index (χ2v) is 6.81. The van der Waals surface area contributed by atoms with Crippen LogP contribution in [0, 0.1) is 12.7 Å². The van der Waals surface area contributed by atoms with Gasteiger partial charge in [-0.15, -0.1) is 11.3 Å². The Balaban J connectivity index is 2.47. The van der Waals surface area contributed by atoms with Crippen molar-refractivity contribution in [1.82, 2.24) is 5.32 Å². The van der Waals surface area contributed by atoms with Crippen molar-refractivity contribution in [2.24, 2.45) is 0 Å². The normalized spacial score (nSPS) is 12.7. The average Bonchev–Trinajstić information content (AvgIpc) is 2.78. The van der Waals surface area contributed by atoms with E-state index in [0.717, 1.165) is 11.4 Å². The van der Waals surface area contributed by atoms with Crippen LogP contribution in [0.2, 0.25) is 5.02 Å². The summed E-state index contributed by atoms with van der Waals surface area (Å²) in [5.41, 5.74) is 0.580. The van der Waals surface area contributed by atoms with Gasteiger partial charge in [-0.25, -0.2) is 4.39 Å². The van der Waals surface area contributed by atoms with Crippen molar-refractivity contribution in [3.8, 4) is 0 Å². The Morgan fingerprint density at radius 2 is 2.16 bits per heavy atom. The van der Waals surface area contributed by atoms with Gasteiger partial charge < -0.3 is 5.32 Å². The third-order valence-electron chi connectivity index (χ3n) is 2.80. The van der Waals surface area contributed by atoms with Gasteiger partial charge in [0.15, 0.2) is 0 Å². The highest BCUT2D eigenvalue weighted by Crippen LogP contribution is 2.34. The minimum atomic E-state index is -0.256. The molecule has 1 heterocycles. The molecule has 0 radical (unpaired) electrons. The minimum absolute atomic E-state index is 0.158. The molecule has 0 aliphatic heterocycles. The maximum atomic E-state index is 14.2. The summed E-state index contributed by atoms with van der Waals surface area (Å²) in [6.07, 6.45) is 0. The fraction of sp³-hybridized carbons (Fsp3) is 0.286. The predicted octanol–water partition coefficient (Wildman–Crippen LogP) is 5.31. The van der Waals surface area contributed by atoms with Crippen molar-refractivity contribution < 1.29 is 4.39 Å². The number of thiophene rings is 1. The van der Waals surface area contributed by atoms with E-state index in [9.17, 15) is 4.39 Å². The fourth-order valence-corrected chi connectivity index (χ4v) is 3.40. The summed E-state index contributed by atoms with van der Waals surface area (Å²) >= 11 is 11.0. The predicted molar refractivity (Wildman–Crippen MR) is 83.7 cm³/mol. The monoisotopic (exact) mass is 361 g/mol. The molecular formula is C14H14BrClFNS. The Labute approximate surface area is 129 Å². The summed E-state index contributed by atoms with van der Waals surface area (Å²) in [7, 11) is 0. The van der Waals surface area contributed by atoms with Gasteiger partial charge in [-0.3, -0.25) is 0 Å². The van der Waals surface area contributed by atoms with Gasteiger partial charge in [0.05, 0.1) is 11.1 Å². The lowest BCUT2D eigenvalue weighted by Gasteiger charge is -2.18. The van der Waals surface area contributed by atoms with Gasteiger partial charge >= 0.3 is 0 Å². The zero-order chi connectivity index (χ0) is 14.0. The van der Waals surface area contributed by atoms with E-state index in [4.69, 9.17) is 11.6 Å². The van der Waals surface area contributed by atoms with Crippen molar-refractivity contribution in [3.05, 3.63) is 54.9 Å². The van der Waals surface area contributed by atoms with Crippen LogP contribution in [-0.4, -0.2) is 6.54 Å². The van der Waals surface area contributed by atoms with E-state index in [1.165, 1.54) is 10.9 Å². The van der Waals surface area contributed by atoms with Crippen LogP contribution in [0.1, 0.15) is 28.3 Å². The molecule has 1 aromatic heterocycles. The first-order valence-corrected chi connectivity index (χ1v) is 7.95. The molecule has 2 aromatic rings. The number of benzene rings is 1. The van der Waals surface area contributed by atoms with Crippen molar-refractivity contribution in [3.63, 3.8) is 0 Å². The second kappa shape index (κ2) is 6.35. The highest BCUT2D eigenvalue weighted by molar-refractivity contribution is 9.10. The van der Waals surface area contributed by atoms with Crippen LogP contribution < -0.4 is 5.32 Å². The smallest absolute Gasteiger partial charge is 0.129 e. The molecule has 1 N–H and O–H groups in total. The molecule has 1 atom stereocenters. The molecule has 0 fully saturated rings. The highest BCUT2D eigenvalue weighted by Gasteiger charge is 2.20. The summed E-state index contributed by atoms with van der Waals surface area (Å²) in [4.78, 5) is 2.30. The van der Waals surface area contributed by atoms with Gasteiger partial charge in [-0.2, -0.15) is 0 Å².